The van der Waals surface area contributed by atoms with Crippen LogP contribution in [-0.4, -0.2) is 4.92 Å². The van der Waals surface area contributed by atoms with Crippen molar-refractivity contribution in [2.24, 2.45) is 0 Å². The Morgan fingerprint density at radius 3 is 2.62 bits per heavy atom. The number of aryl methyl sites for hydroxylation is 2. The molecule has 0 unspecified atom stereocenters. The molecule has 2 rings (SSSR count). The summed E-state index contributed by atoms with van der Waals surface area (Å²) in [5.74, 6) is -0.235. The zero-order valence-corrected chi connectivity index (χ0v) is 12.0. The quantitative estimate of drug-likeness (QED) is 0.662. The molecule has 0 amide bonds. The van der Waals surface area contributed by atoms with Crippen LogP contribution in [0.3, 0.4) is 0 Å². The molecule has 2 aromatic carbocycles. The number of anilines is 1. The zero-order valence-electron chi connectivity index (χ0n) is 12.0. The molecule has 21 heavy (non-hydrogen) atoms. The van der Waals surface area contributed by atoms with Gasteiger partial charge in [-0.25, -0.2) is 4.39 Å². The summed E-state index contributed by atoms with van der Waals surface area (Å²) in [4.78, 5) is 10.7. The van der Waals surface area contributed by atoms with Crippen molar-refractivity contribution in [3.05, 3.63) is 69.0 Å². The van der Waals surface area contributed by atoms with Crippen molar-refractivity contribution in [3.8, 4) is 0 Å². The number of benzene rings is 2. The number of rotatable bonds is 5. The van der Waals surface area contributed by atoms with Crippen LogP contribution < -0.4 is 5.32 Å². The lowest BCUT2D eigenvalue weighted by Gasteiger charge is -2.09. The van der Waals surface area contributed by atoms with Gasteiger partial charge in [0.1, 0.15) is 5.82 Å². The van der Waals surface area contributed by atoms with E-state index in [2.05, 4.69) is 5.32 Å². The van der Waals surface area contributed by atoms with Crippen molar-refractivity contribution in [3.63, 3.8) is 0 Å². The van der Waals surface area contributed by atoms with E-state index in [4.69, 9.17) is 0 Å². The summed E-state index contributed by atoms with van der Waals surface area (Å²) in [6.45, 7) is 4.08. The molecule has 0 aliphatic carbocycles. The molecule has 0 spiro atoms. The maximum absolute atomic E-state index is 13.2. The van der Waals surface area contributed by atoms with Crippen molar-refractivity contribution in [1.29, 1.82) is 0 Å². The highest BCUT2D eigenvalue weighted by atomic mass is 19.1. The molecular formula is C16H17FN2O2. The predicted octanol–water partition coefficient (Wildman–Crippen LogP) is 4.22. The van der Waals surface area contributed by atoms with Crippen LogP contribution in [0.25, 0.3) is 0 Å². The molecule has 0 aliphatic heterocycles. The van der Waals surface area contributed by atoms with Crippen molar-refractivity contribution in [2.75, 3.05) is 5.32 Å². The standard InChI is InChI=1S/C16H17FN2O2/c1-3-13-5-6-14(9-16(13)19(20)21)18-10-12-4-7-15(17)11(2)8-12/h4-9,18H,3,10H2,1-2H3. The van der Waals surface area contributed by atoms with Crippen LogP contribution in [0.4, 0.5) is 15.8 Å². The number of hydrogen-bond acceptors (Lipinski definition) is 3. The van der Waals surface area contributed by atoms with Crippen LogP contribution in [0.1, 0.15) is 23.6 Å². The topological polar surface area (TPSA) is 55.2 Å². The van der Waals surface area contributed by atoms with E-state index in [0.29, 0.717) is 29.8 Å². The largest absolute Gasteiger partial charge is 0.381 e. The average molecular weight is 288 g/mol. The van der Waals surface area contributed by atoms with Crippen LogP contribution in [-0.2, 0) is 13.0 Å². The summed E-state index contributed by atoms with van der Waals surface area (Å²) in [5.41, 5.74) is 3.03. The van der Waals surface area contributed by atoms with Crippen molar-refractivity contribution in [1.82, 2.24) is 0 Å². The molecule has 1 N–H and O–H groups in total. The van der Waals surface area contributed by atoms with Gasteiger partial charge in [-0.05, 0) is 36.6 Å². The Labute approximate surface area is 122 Å². The molecule has 2 aromatic rings. The Hall–Kier alpha value is -2.43. The van der Waals surface area contributed by atoms with E-state index >= 15 is 0 Å². The molecule has 5 heteroatoms. The summed E-state index contributed by atoms with van der Waals surface area (Å²) in [6, 6.07) is 10.0. The Morgan fingerprint density at radius 1 is 1.24 bits per heavy atom. The van der Waals surface area contributed by atoms with Crippen LogP contribution >= 0.6 is 0 Å². The lowest BCUT2D eigenvalue weighted by molar-refractivity contribution is -0.385. The van der Waals surface area contributed by atoms with E-state index in [9.17, 15) is 14.5 Å². The maximum atomic E-state index is 13.2. The molecule has 0 aromatic heterocycles. The van der Waals surface area contributed by atoms with Gasteiger partial charge in [-0.15, -0.1) is 0 Å². The van der Waals surface area contributed by atoms with Gasteiger partial charge < -0.3 is 5.32 Å². The van der Waals surface area contributed by atoms with Crippen LogP contribution in [0.5, 0.6) is 0 Å². The molecule has 0 bridgehead atoms. The molecule has 0 saturated heterocycles. The normalized spacial score (nSPS) is 10.4. The Morgan fingerprint density at radius 2 is 2.00 bits per heavy atom. The van der Waals surface area contributed by atoms with E-state index < -0.39 is 0 Å². The highest BCUT2D eigenvalue weighted by Gasteiger charge is 2.12. The highest BCUT2D eigenvalue weighted by Crippen LogP contribution is 2.24. The minimum absolute atomic E-state index is 0.123. The highest BCUT2D eigenvalue weighted by molar-refractivity contribution is 5.55. The second-order valence-electron chi connectivity index (χ2n) is 4.89. The number of nitrogens with one attached hydrogen (secondary N) is 1. The predicted molar refractivity (Wildman–Crippen MR) is 80.9 cm³/mol. The lowest BCUT2D eigenvalue weighted by atomic mass is 10.1. The second kappa shape index (κ2) is 6.35. The minimum Gasteiger partial charge on any atom is -0.381 e. The third-order valence-electron chi connectivity index (χ3n) is 3.38. The molecule has 0 radical (unpaired) electrons. The van der Waals surface area contributed by atoms with Gasteiger partial charge in [-0.3, -0.25) is 10.1 Å². The van der Waals surface area contributed by atoms with Gasteiger partial charge in [0.05, 0.1) is 4.92 Å². The summed E-state index contributed by atoms with van der Waals surface area (Å²) >= 11 is 0. The maximum Gasteiger partial charge on any atom is 0.274 e. The summed E-state index contributed by atoms with van der Waals surface area (Å²) in [6.07, 6.45) is 0.619. The van der Waals surface area contributed by atoms with Crippen LogP contribution in [0.15, 0.2) is 36.4 Å². The second-order valence-corrected chi connectivity index (χ2v) is 4.89. The Balaban J connectivity index is 2.14. The van der Waals surface area contributed by atoms with E-state index in [-0.39, 0.29) is 16.4 Å². The third kappa shape index (κ3) is 3.56. The summed E-state index contributed by atoms with van der Waals surface area (Å²) < 4.78 is 13.2. The third-order valence-corrected chi connectivity index (χ3v) is 3.38. The monoisotopic (exact) mass is 288 g/mol. The van der Waals surface area contributed by atoms with E-state index in [0.717, 1.165) is 5.56 Å². The van der Waals surface area contributed by atoms with E-state index in [1.807, 2.05) is 13.0 Å². The number of halogens is 1. The minimum atomic E-state index is -0.369. The van der Waals surface area contributed by atoms with Crippen molar-refractivity contribution in [2.45, 2.75) is 26.8 Å². The summed E-state index contributed by atoms with van der Waals surface area (Å²) in [7, 11) is 0. The van der Waals surface area contributed by atoms with E-state index in [1.54, 1.807) is 25.1 Å². The lowest BCUT2D eigenvalue weighted by Crippen LogP contribution is -2.02. The number of hydrogen-bond donors (Lipinski definition) is 1. The van der Waals surface area contributed by atoms with Crippen molar-refractivity contribution >= 4 is 11.4 Å². The van der Waals surface area contributed by atoms with Gasteiger partial charge in [0.15, 0.2) is 0 Å². The number of nitro groups is 1. The fraction of sp³-hybridized carbons (Fsp3) is 0.250. The van der Waals surface area contributed by atoms with E-state index in [1.165, 1.54) is 12.1 Å². The fourth-order valence-corrected chi connectivity index (χ4v) is 2.16. The first-order valence-electron chi connectivity index (χ1n) is 6.77. The molecule has 0 aliphatic rings. The zero-order chi connectivity index (χ0) is 15.4. The fourth-order valence-electron chi connectivity index (χ4n) is 2.16. The Bertz CT molecular complexity index is 671. The van der Waals surface area contributed by atoms with Gasteiger partial charge in [-0.1, -0.05) is 25.1 Å². The molecule has 0 heterocycles. The van der Waals surface area contributed by atoms with Gasteiger partial charge in [-0.2, -0.15) is 0 Å². The average Bonchev–Trinajstić information content (AvgIpc) is 2.48. The van der Waals surface area contributed by atoms with Crippen molar-refractivity contribution < 1.29 is 9.31 Å². The smallest absolute Gasteiger partial charge is 0.274 e. The van der Waals surface area contributed by atoms with Gasteiger partial charge in [0.2, 0.25) is 0 Å². The first-order valence-corrected chi connectivity index (χ1v) is 6.77. The van der Waals surface area contributed by atoms with Gasteiger partial charge in [0, 0.05) is 23.9 Å². The molecule has 0 atom stereocenters. The Kier molecular flexibility index (Phi) is 4.52. The summed E-state index contributed by atoms with van der Waals surface area (Å²) in [5, 5.41) is 14.2. The first kappa shape index (κ1) is 15.0. The van der Waals surface area contributed by atoms with Crippen LogP contribution in [0, 0.1) is 22.9 Å². The van der Waals surface area contributed by atoms with Gasteiger partial charge in [0.25, 0.3) is 5.69 Å². The SMILES string of the molecule is CCc1ccc(NCc2ccc(F)c(C)c2)cc1[N+](=O)[O-]. The first-order chi connectivity index (χ1) is 10.0. The molecule has 4 nitrogen and oxygen atoms in total. The number of nitro benzene ring substituents is 1. The molecular weight excluding hydrogens is 271 g/mol. The molecule has 110 valence electrons. The molecule has 0 fully saturated rings. The number of nitrogens with zero attached hydrogens (tertiary/aromatic N) is 1. The van der Waals surface area contributed by atoms with Crippen LogP contribution in [0.2, 0.25) is 0 Å². The molecule has 0 saturated carbocycles. The van der Waals surface area contributed by atoms with Gasteiger partial charge >= 0.3 is 0 Å².